The molecule has 0 spiro atoms. The lowest BCUT2D eigenvalue weighted by Gasteiger charge is -2.07. The van der Waals surface area contributed by atoms with Crippen molar-refractivity contribution in [1.82, 2.24) is 0 Å². The fourth-order valence-electron chi connectivity index (χ4n) is 0.760. The van der Waals surface area contributed by atoms with Crippen LogP contribution in [0.5, 0.6) is 5.75 Å². The molecule has 0 radical (unpaired) electrons. The first-order valence-corrected chi connectivity index (χ1v) is 6.28. The van der Waals surface area contributed by atoms with Crippen LogP contribution in [0.2, 0.25) is 15.1 Å². The van der Waals surface area contributed by atoms with E-state index in [2.05, 4.69) is 4.18 Å². The van der Waals surface area contributed by atoms with Crippen molar-refractivity contribution in [2.24, 2.45) is 0 Å². The second-order valence-electron chi connectivity index (χ2n) is 2.49. The molecule has 1 rings (SSSR count). The number of rotatable bonds is 2. The van der Waals surface area contributed by atoms with E-state index in [1.54, 1.807) is 0 Å². The highest BCUT2D eigenvalue weighted by molar-refractivity contribution is 7.86. The molecule has 0 unspecified atom stereocenters. The molecule has 1 aromatic carbocycles. The second kappa shape index (κ2) is 4.14. The van der Waals surface area contributed by atoms with Crippen molar-refractivity contribution < 1.29 is 12.6 Å². The molecule has 14 heavy (non-hydrogen) atoms. The van der Waals surface area contributed by atoms with Gasteiger partial charge in [-0.3, -0.25) is 0 Å². The lowest BCUT2D eigenvalue weighted by atomic mass is 10.3. The molecule has 3 nitrogen and oxygen atoms in total. The molecule has 0 saturated heterocycles. The minimum absolute atomic E-state index is 0.0490. The molecule has 0 aliphatic heterocycles. The Bertz CT molecular complexity index is 432. The SMILES string of the molecule is CS(=O)(=O)Oc1c(Cl)cc(Cl)cc1Cl. The minimum Gasteiger partial charge on any atom is -0.379 e. The molecule has 78 valence electrons. The van der Waals surface area contributed by atoms with Gasteiger partial charge in [0.2, 0.25) is 0 Å². The number of halogens is 3. The van der Waals surface area contributed by atoms with E-state index in [0.29, 0.717) is 5.02 Å². The Morgan fingerprint density at radius 3 is 1.93 bits per heavy atom. The van der Waals surface area contributed by atoms with Crippen LogP contribution in [-0.4, -0.2) is 14.7 Å². The summed E-state index contributed by atoms with van der Waals surface area (Å²) in [6.07, 6.45) is 0.897. The summed E-state index contributed by atoms with van der Waals surface area (Å²) in [6, 6.07) is 2.69. The molecule has 0 N–H and O–H groups in total. The van der Waals surface area contributed by atoms with Crippen molar-refractivity contribution in [3.63, 3.8) is 0 Å². The lowest BCUT2D eigenvalue weighted by Crippen LogP contribution is -2.06. The molecule has 0 amide bonds. The van der Waals surface area contributed by atoms with E-state index < -0.39 is 10.1 Å². The smallest absolute Gasteiger partial charge is 0.306 e. The molecule has 7 heteroatoms. The normalized spacial score (nSPS) is 11.4. The first-order chi connectivity index (χ1) is 6.29. The Labute approximate surface area is 96.7 Å². The summed E-state index contributed by atoms with van der Waals surface area (Å²) in [6.45, 7) is 0. The van der Waals surface area contributed by atoms with Crippen molar-refractivity contribution in [2.75, 3.05) is 6.26 Å². The van der Waals surface area contributed by atoms with Crippen LogP contribution in [0.25, 0.3) is 0 Å². The van der Waals surface area contributed by atoms with Gasteiger partial charge in [0.1, 0.15) is 0 Å². The van der Waals surface area contributed by atoms with E-state index in [0.717, 1.165) is 6.26 Å². The van der Waals surface area contributed by atoms with Gasteiger partial charge in [0.05, 0.1) is 16.3 Å². The molecular formula is C7H5Cl3O3S. The highest BCUT2D eigenvalue weighted by atomic mass is 35.5. The predicted octanol–water partition coefficient (Wildman–Crippen LogP) is 2.99. The Morgan fingerprint density at radius 2 is 1.57 bits per heavy atom. The van der Waals surface area contributed by atoms with Gasteiger partial charge < -0.3 is 4.18 Å². The summed E-state index contributed by atoms with van der Waals surface area (Å²) in [5.41, 5.74) is 0. The third-order valence-electron chi connectivity index (χ3n) is 1.20. The van der Waals surface area contributed by atoms with Gasteiger partial charge in [-0.05, 0) is 12.1 Å². The number of hydrogen-bond donors (Lipinski definition) is 0. The van der Waals surface area contributed by atoms with Crippen LogP contribution in [0.3, 0.4) is 0 Å². The maximum atomic E-state index is 10.8. The van der Waals surface area contributed by atoms with E-state index in [1.165, 1.54) is 12.1 Å². The Kier molecular flexibility index (Phi) is 3.53. The van der Waals surface area contributed by atoms with E-state index in [9.17, 15) is 8.42 Å². The van der Waals surface area contributed by atoms with Gasteiger partial charge in [0.15, 0.2) is 5.75 Å². The quantitative estimate of drug-likeness (QED) is 0.779. The third kappa shape index (κ3) is 3.20. The van der Waals surface area contributed by atoms with Gasteiger partial charge >= 0.3 is 10.1 Å². The second-order valence-corrected chi connectivity index (χ2v) is 5.31. The summed E-state index contributed by atoms with van der Waals surface area (Å²) in [7, 11) is -3.65. The van der Waals surface area contributed by atoms with Crippen LogP contribution < -0.4 is 4.18 Å². The molecule has 0 fully saturated rings. The standard InChI is InChI=1S/C7H5Cl3O3S/c1-14(11,12)13-7-5(9)2-4(8)3-6(7)10/h2-3H,1H3. The van der Waals surface area contributed by atoms with E-state index >= 15 is 0 Å². The monoisotopic (exact) mass is 274 g/mol. The summed E-state index contributed by atoms with van der Waals surface area (Å²) in [5.74, 6) is -0.111. The molecule has 1 aromatic rings. The zero-order valence-electron chi connectivity index (χ0n) is 6.92. The van der Waals surface area contributed by atoms with Crippen LogP contribution in [0.1, 0.15) is 0 Å². The maximum Gasteiger partial charge on any atom is 0.306 e. The van der Waals surface area contributed by atoms with Crippen molar-refractivity contribution in [1.29, 1.82) is 0 Å². The topological polar surface area (TPSA) is 43.4 Å². The lowest BCUT2D eigenvalue weighted by molar-refractivity contribution is 0.493. The Hall–Kier alpha value is -0.160. The highest BCUT2D eigenvalue weighted by Gasteiger charge is 2.13. The van der Waals surface area contributed by atoms with Crippen molar-refractivity contribution in [3.05, 3.63) is 27.2 Å². The average molecular weight is 276 g/mol. The number of hydrogen-bond acceptors (Lipinski definition) is 3. The molecule has 0 aromatic heterocycles. The maximum absolute atomic E-state index is 10.8. The Morgan fingerprint density at radius 1 is 1.14 bits per heavy atom. The van der Waals surface area contributed by atoms with Gasteiger partial charge in [0, 0.05) is 5.02 Å². The van der Waals surface area contributed by atoms with Gasteiger partial charge in [-0.1, -0.05) is 34.8 Å². The minimum atomic E-state index is -3.65. The summed E-state index contributed by atoms with van der Waals surface area (Å²) < 4.78 is 26.2. The van der Waals surface area contributed by atoms with Crippen LogP contribution in [0.4, 0.5) is 0 Å². The highest BCUT2D eigenvalue weighted by Crippen LogP contribution is 2.36. The van der Waals surface area contributed by atoms with E-state index in [-0.39, 0.29) is 15.8 Å². The summed E-state index contributed by atoms with van der Waals surface area (Å²) >= 11 is 17.0. The molecule has 0 saturated carbocycles. The van der Waals surface area contributed by atoms with E-state index in [1.807, 2.05) is 0 Å². The van der Waals surface area contributed by atoms with Crippen molar-refractivity contribution in [2.45, 2.75) is 0 Å². The third-order valence-corrected chi connectivity index (χ3v) is 2.45. The van der Waals surface area contributed by atoms with Crippen molar-refractivity contribution >= 4 is 44.9 Å². The van der Waals surface area contributed by atoms with Crippen LogP contribution in [0, 0.1) is 0 Å². The molecule has 0 heterocycles. The van der Waals surface area contributed by atoms with Crippen LogP contribution in [-0.2, 0) is 10.1 Å². The molecular weight excluding hydrogens is 270 g/mol. The molecule has 0 atom stereocenters. The molecule has 0 aliphatic rings. The van der Waals surface area contributed by atoms with Crippen LogP contribution >= 0.6 is 34.8 Å². The zero-order chi connectivity index (χ0) is 10.9. The number of benzene rings is 1. The predicted molar refractivity (Wildman–Crippen MR) is 56.9 cm³/mol. The fourth-order valence-corrected chi connectivity index (χ4v) is 2.23. The molecule has 0 bridgehead atoms. The average Bonchev–Trinajstić information content (AvgIpc) is 1.95. The van der Waals surface area contributed by atoms with Gasteiger partial charge in [-0.25, -0.2) is 0 Å². The van der Waals surface area contributed by atoms with E-state index in [4.69, 9.17) is 34.8 Å². The van der Waals surface area contributed by atoms with Gasteiger partial charge in [-0.2, -0.15) is 8.42 Å². The summed E-state index contributed by atoms with van der Waals surface area (Å²) in [5, 5.41) is 0.404. The summed E-state index contributed by atoms with van der Waals surface area (Å²) in [4.78, 5) is 0. The first kappa shape index (κ1) is 11.9. The first-order valence-electron chi connectivity index (χ1n) is 3.33. The van der Waals surface area contributed by atoms with Crippen LogP contribution in [0.15, 0.2) is 12.1 Å². The van der Waals surface area contributed by atoms with Gasteiger partial charge in [0.25, 0.3) is 0 Å². The zero-order valence-corrected chi connectivity index (χ0v) is 10.0. The fraction of sp³-hybridized carbons (Fsp3) is 0.143. The van der Waals surface area contributed by atoms with Crippen molar-refractivity contribution in [3.8, 4) is 5.75 Å². The van der Waals surface area contributed by atoms with Gasteiger partial charge in [-0.15, -0.1) is 0 Å². The Balaban J connectivity index is 3.22. The molecule has 0 aliphatic carbocycles. The largest absolute Gasteiger partial charge is 0.379 e.